The first-order valence-electron chi connectivity index (χ1n) is 9.59. The average molecular weight is 412 g/mol. The van der Waals surface area contributed by atoms with Crippen molar-refractivity contribution in [3.05, 3.63) is 71.4 Å². The van der Waals surface area contributed by atoms with Crippen molar-refractivity contribution in [1.29, 1.82) is 0 Å². The Labute approximate surface area is 172 Å². The summed E-state index contributed by atoms with van der Waals surface area (Å²) in [6, 6.07) is 15.2. The topological polar surface area (TPSA) is 65.5 Å². The van der Waals surface area contributed by atoms with E-state index in [1.165, 1.54) is 23.5 Å². The number of carbonyl (C=O) groups excluding carboxylic acids is 1. The molecule has 2 N–H and O–H groups in total. The van der Waals surface area contributed by atoms with Crippen LogP contribution in [0.3, 0.4) is 0 Å². The van der Waals surface area contributed by atoms with Crippen LogP contribution < -0.4 is 5.32 Å². The fraction of sp³-hybridized carbons (Fsp3) is 0.273. The molecule has 2 aromatic carbocycles. The van der Waals surface area contributed by atoms with Crippen LogP contribution in [-0.2, 0) is 4.79 Å². The largest absolute Gasteiger partial charge is 0.392 e. The van der Waals surface area contributed by atoms with E-state index in [4.69, 9.17) is 0 Å². The maximum absolute atomic E-state index is 13.2. The monoisotopic (exact) mass is 411 g/mol. The molecule has 1 amide bonds. The molecule has 0 spiro atoms. The maximum Gasteiger partial charge on any atom is 0.248 e. The van der Waals surface area contributed by atoms with Crippen LogP contribution in [0.15, 0.2) is 60.0 Å². The fourth-order valence-corrected chi connectivity index (χ4v) is 4.36. The highest BCUT2D eigenvalue weighted by molar-refractivity contribution is 7.14. The SMILES string of the molecule is O=C(Nc1nc(-c2ccc(F)cc2)cs1)[C@@H](c1ccccc1)N1CCC[C@@H](O)C1. The van der Waals surface area contributed by atoms with Crippen molar-refractivity contribution in [3.63, 3.8) is 0 Å². The van der Waals surface area contributed by atoms with Crippen molar-refractivity contribution >= 4 is 22.4 Å². The Bertz CT molecular complexity index is 962. The van der Waals surface area contributed by atoms with Crippen LogP contribution >= 0.6 is 11.3 Å². The Hall–Kier alpha value is -2.61. The molecule has 2 heterocycles. The van der Waals surface area contributed by atoms with Gasteiger partial charge in [0.15, 0.2) is 5.13 Å². The van der Waals surface area contributed by atoms with Crippen molar-refractivity contribution in [1.82, 2.24) is 9.88 Å². The van der Waals surface area contributed by atoms with Gasteiger partial charge in [-0.2, -0.15) is 0 Å². The minimum absolute atomic E-state index is 0.176. The molecule has 1 saturated heterocycles. The van der Waals surface area contributed by atoms with Crippen molar-refractivity contribution < 1.29 is 14.3 Å². The van der Waals surface area contributed by atoms with Gasteiger partial charge in [0.25, 0.3) is 0 Å². The highest BCUT2D eigenvalue weighted by Gasteiger charge is 2.31. The van der Waals surface area contributed by atoms with E-state index in [1.54, 1.807) is 12.1 Å². The number of carbonyl (C=O) groups is 1. The lowest BCUT2D eigenvalue weighted by atomic mass is 10.00. The van der Waals surface area contributed by atoms with Crippen molar-refractivity contribution in [2.75, 3.05) is 18.4 Å². The molecule has 0 radical (unpaired) electrons. The van der Waals surface area contributed by atoms with Crippen LogP contribution in [-0.4, -0.2) is 40.1 Å². The number of halogens is 1. The van der Waals surface area contributed by atoms with Crippen LogP contribution in [0.1, 0.15) is 24.4 Å². The molecule has 2 atom stereocenters. The molecule has 1 aromatic heterocycles. The molecule has 1 aliphatic heterocycles. The highest BCUT2D eigenvalue weighted by atomic mass is 32.1. The van der Waals surface area contributed by atoms with Gasteiger partial charge in [-0.1, -0.05) is 30.3 Å². The van der Waals surface area contributed by atoms with Gasteiger partial charge in [-0.25, -0.2) is 9.37 Å². The number of hydrogen-bond donors (Lipinski definition) is 2. The minimum Gasteiger partial charge on any atom is -0.392 e. The van der Waals surface area contributed by atoms with Crippen LogP contribution in [0, 0.1) is 5.82 Å². The van der Waals surface area contributed by atoms with E-state index in [0.29, 0.717) is 17.4 Å². The summed E-state index contributed by atoms with van der Waals surface area (Å²) >= 11 is 1.33. The van der Waals surface area contributed by atoms with E-state index in [1.807, 2.05) is 40.6 Å². The van der Waals surface area contributed by atoms with Crippen LogP contribution in [0.25, 0.3) is 11.3 Å². The lowest BCUT2D eigenvalue weighted by Crippen LogP contribution is -2.44. The molecular formula is C22H22FN3O2S. The first kappa shape index (κ1) is 19.7. The van der Waals surface area contributed by atoms with E-state index in [2.05, 4.69) is 10.3 Å². The number of β-amino-alcohol motifs (C(OH)–C–C–N with tert-alkyl or cyclic N) is 1. The number of thiazole rings is 1. The Kier molecular flexibility index (Phi) is 5.99. The zero-order valence-corrected chi connectivity index (χ0v) is 16.6. The summed E-state index contributed by atoms with van der Waals surface area (Å²) < 4.78 is 13.1. The number of piperidine rings is 1. The molecule has 29 heavy (non-hydrogen) atoms. The molecule has 7 heteroatoms. The number of aliphatic hydroxyl groups excluding tert-OH is 1. The van der Waals surface area contributed by atoms with Gasteiger partial charge >= 0.3 is 0 Å². The molecule has 4 rings (SSSR count). The van der Waals surface area contributed by atoms with Gasteiger partial charge < -0.3 is 10.4 Å². The van der Waals surface area contributed by atoms with E-state index in [-0.39, 0.29) is 11.7 Å². The Morgan fingerprint density at radius 1 is 1.21 bits per heavy atom. The zero-order valence-electron chi connectivity index (χ0n) is 15.8. The number of anilines is 1. The second-order valence-corrected chi connectivity index (χ2v) is 8.00. The third-order valence-electron chi connectivity index (χ3n) is 5.03. The molecule has 0 bridgehead atoms. The molecule has 1 fully saturated rings. The van der Waals surface area contributed by atoms with Gasteiger partial charge in [-0.05, 0) is 49.2 Å². The maximum atomic E-state index is 13.2. The summed E-state index contributed by atoms with van der Waals surface area (Å²) in [5.41, 5.74) is 2.37. The number of likely N-dealkylation sites (tertiary alicyclic amines) is 1. The van der Waals surface area contributed by atoms with E-state index < -0.39 is 12.1 Å². The first-order valence-corrected chi connectivity index (χ1v) is 10.5. The standard InChI is InChI=1S/C22H22FN3O2S/c23-17-10-8-15(9-11-17)19-14-29-22(24-19)25-21(28)20(16-5-2-1-3-6-16)26-12-4-7-18(27)13-26/h1-3,5-6,8-11,14,18,20,27H,4,7,12-13H2,(H,24,25,28)/t18-,20-/m1/s1. The van der Waals surface area contributed by atoms with Crippen LogP contribution in [0.5, 0.6) is 0 Å². The lowest BCUT2D eigenvalue weighted by molar-refractivity contribution is -0.122. The molecule has 0 aliphatic carbocycles. The molecule has 150 valence electrons. The molecule has 5 nitrogen and oxygen atoms in total. The smallest absolute Gasteiger partial charge is 0.248 e. The molecular weight excluding hydrogens is 389 g/mol. The van der Waals surface area contributed by atoms with Crippen molar-refractivity contribution in [3.8, 4) is 11.3 Å². The summed E-state index contributed by atoms with van der Waals surface area (Å²) in [5.74, 6) is -0.475. The number of nitrogens with one attached hydrogen (secondary N) is 1. The molecule has 0 unspecified atom stereocenters. The summed E-state index contributed by atoms with van der Waals surface area (Å²) in [6.45, 7) is 1.22. The normalized spacial score (nSPS) is 18.3. The summed E-state index contributed by atoms with van der Waals surface area (Å²) in [5, 5.41) is 15.3. The summed E-state index contributed by atoms with van der Waals surface area (Å²) in [6.07, 6.45) is 1.18. The third kappa shape index (κ3) is 4.70. The predicted octanol–water partition coefficient (Wildman–Crippen LogP) is 4.09. The summed E-state index contributed by atoms with van der Waals surface area (Å²) in [7, 11) is 0. The quantitative estimate of drug-likeness (QED) is 0.664. The number of hydrogen-bond acceptors (Lipinski definition) is 5. The van der Waals surface area contributed by atoms with Gasteiger partial charge in [0.05, 0.1) is 11.8 Å². The Morgan fingerprint density at radius 3 is 2.69 bits per heavy atom. The van der Waals surface area contributed by atoms with Gasteiger partial charge in [-0.15, -0.1) is 11.3 Å². The third-order valence-corrected chi connectivity index (χ3v) is 5.79. The fourth-order valence-electron chi connectivity index (χ4n) is 3.64. The average Bonchev–Trinajstić information content (AvgIpc) is 3.18. The second-order valence-electron chi connectivity index (χ2n) is 7.14. The molecule has 0 saturated carbocycles. The highest BCUT2D eigenvalue weighted by Crippen LogP contribution is 2.29. The van der Waals surface area contributed by atoms with Gasteiger partial charge in [0.2, 0.25) is 5.91 Å². The minimum atomic E-state index is -0.496. The number of amides is 1. The Morgan fingerprint density at radius 2 is 1.97 bits per heavy atom. The second kappa shape index (κ2) is 8.82. The first-order chi connectivity index (χ1) is 14.1. The predicted molar refractivity (Wildman–Crippen MR) is 112 cm³/mol. The summed E-state index contributed by atoms with van der Waals surface area (Å²) in [4.78, 5) is 19.7. The number of rotatable bonds is 5. The number of aliphatic hydroxyl groups is 1. The van der Waals surface area contributed by atoms with E-state index in [0.717, 1.165) is 30.5 Å². The van der Waals surface area contributed by atoms with Gasteiger partial charge in [-0.3, -0.25) is 9.69 Å². The van der Waals surface area contributed by atoms with Gasteiger partial charge in [0.1, 0.15) is 11.9 Å². The van der Waals surface area contributed by atoms with Gasteiger partial charge in [0, 0.05) is 17.5 Å². The number of benzene rings is 2. The number of nitrogens with zero attached hydrogens (tertiary/aromatic N) is 2. The van der Waals surface area contributed by atoms with Crippen LogP contribution in [0.2, 0.25) is 0 Å². The molecule has 3 aromatic rings. The zero-order chi connectivity index (χ0) is 20.2. The molecule has 1 aliphatic rings. The van der Waals surface area contributed by atoms with E-state index in [9.17, 15) is 14.3 Å². The van der Waals surface area contributed by atoms with E-state index >= 15 is 0 Å². The van der Waals surface area contributed by atoms with Crippen molar-refractivity contribution in [2.45, 2.75) is 25.0 Å². The number of aromatic nitrogens is 1. The van der Waals surface area contributed by atoms with Crippen LogP contribution in [0.4, 0.5) is 9.52 Å². The van der Waals surface area contributed by atoms with Crippen molar-refractivity contribution in [2.24, 2.45) is 0 Å². The lowest BCUT2D eigenvalue weighted by Gasteiger charge is -2.35. The Balaban J connectivity index is 1.54.